The number of aryl methyl sites for hydroxylation is 1. The number of nitrogens with zero attached hydrogens (tertiary/aromatic N) is 3. The lowest BCUT2D eigenvalue weighted by molar-refractivity contribution is -0.153. The van der Waals surface area contributed by atoms with Crippen molar-refractivity contribution in [2.45, 2.75) is 52.5 Å². The third kappa shape index (κ3) is 3.24. The van der Waals surface area contributed by atoms with Crippen molar-refractivity contribution in [2.24, 2.45) is 17.3 Å². The molecule has 0 radical (unpaired) electrons. The molecule has 140 valence electrons. The topological polar surface area (TPSA) is 53.5 Å². The predicted molar refractivity (Wildman–Crippen MR) is 99.1 cm³/mol. The van der Waals surface area contributed by atoms with Crippen LogP contribution in [0.3, 0.4) is 0 Å². The van der Waals surface area contributed by atoms with Crippen molar-refractivity contribution in [3.05, 3.63) is 29.6 Å². The first-order valence-electron chi connectivity index (χ1n) is 9.99. The molecule has 0 aromatic carbocycles. The van der Waals surface area contributed by atoms with E-state index in [0.717, 1.165) is 63.1 Å². The number of aromatic nitrogens is 1. The molecule has 1 saturated carbocycles. The van der Waals surface area contributed by atoms with Gasteiger partial charge in [0.05, 0.1) is 17.7 Å². The fourth-order valence-electron chi connectivity index (χ4n) is 4.71. The lowest BCUT2D eigenvalue weighted by Crippen LogP contribution is -2.54. The number of pyridine rings is 1. The van der Waals surface area contributed by atoms with E-state index in [1.807, 2.05) is 34.9 Å². The second-order valence-electron chi connectivity index (χ2n) is 8.53. The van der Waals surface area contributed by atoms with Crippen LogP contribution < -0.4 is 0 Å². The molecule has 1 aliphatic carbocycles. The van der Waals surface area contributed by atoms with Crippen LogP contribution in [0.4, 0.5) is 0 Å². The highest BCUT2D eigenvalue weighted by atomic mass is 16.2. The Labute approximate surface area is 155 Å². The molecule has 0 unspecified atom stereocenters. The van der Waals surface area contributed by atoms with Gasteiger partial charge in [0.2, 0.25) is 11.8 Å². The largest absolute Gasteiger partial charge is 0.342 e. The minimum atomic E-state index is -0.256. The maximum atomic E-state index is 13.3. The smallest absolute Gasteiger partial charge is 0.229 e. The van der Waals surface area contributed by atoms with Gasteiger partial charge in [-0.05, 0) is 57.1 Å². The van der Waals surface area contributed by atoms with Gasteiger partial charge in [-0.2, -0.15) is 0 Å². The standard InChI is InChI=1S/C21H29N3O2/c1-15-13-18(15)19(25)23-11-8-21(9-12-23)7-4-10-24(20(21)26)14-17-6-3-5-16(2)22-17/h3,5-6,15,18H,4,7-14H2,1-2H3/t15-,18+/m0/s1. The van der Waals surface area contributed by atoms with Gasteiger partial charge in [-0.1, -0.05) is 13.0 Å². The summed E-state index contributed by atoms with van der Waals surface area (Å²) in [5, 5.41) is 0. The Hall–Kier alpha value is -1.91. The van der Waals surface area contributed by atoms with E-state index < -0.39 is 0 Å². The zero-order valence-corrected chi connectivity index (χ0v) is 15.9. The molecule has 3 heterocycles. The van der Waals surface area contributed by atoms with E-state index in [1.165, 1.54) is 0 Å². The van der Waals surface area contributed by atoms with Crippen molar-refractivity contribution < 1.29 is 9.59 Å². The van der Waals surface area contributed by atoms with Gasteiger partial charge >= 0.3 is 0 Å². The molecule has 2 aliphatic heterocycles. The van der Waals surface area contributed by atoms with E-state index >= 15 is 0 Å². The van der Waals surface area contributed by atoms with E-state index in [1.54, 1.807) is 0 Å². The summed E-state index contributed by atoms with van der Waals surface area (Å²) in [6.07, 6.45) is 4.68. The molecule has 2 saturated heterocycles. The molecular formula is C21H29N3O2. The maximum absolute atomic E-state index is 13.3. The molecule has 3 fully saturated rings. The van der Waals surface area contributed by atoms with Gasteiger partial charge in [0.15, 0.2) is 0 Å². The molecule has 2 amide bonds. The average Bonchev–Trinajstić information content (AvgIpc) is 3.36. The molecule has 1 aromatic heterocycles. The Kier molecular flexibility index (Phi) is 4.49. The second kappa shape index (κ2) is 6.67. The lowest BCUT2D eigenvalue weighted by Gasteiger charge is -2.46. The molecule has 4 rings (SSSR count). The van der Waals surface area contributed by atoms with Crippen molar-refractivity contribution in [1.82, 2.24) is 14.8 Å². The van der Waals surface area contributed by atoms with Crippen LogP contribution in [0.2, 0.25) is 0 Å². The highest BCUT2D eigenvalue weighted by Gasteiger charge is 2.48. The summed E-state index contributed by atoms with van der Waals surface area (Å²) in [4.78, 5) is 34.3. The maximum Gasteiger partial charge on any atom is 0.229 e. The zero-order valence-electron chi connectivity index (χ0n) is 15.9. The lowest BCUT2D eigenvalue weighted by atomic mass is 9.71. The fraction of sp³-hybridized carbons (Fsp3) is 0.667. The van der Waals surface area contributed by atoms with E-state index in [4.69, 9.17) is 0 Å². The van der Waals surface area contributed by atoms with E-state index in [0.29, 0.717) is 18.4 Å². The first-order chi connectivity index (χ1) is 12.5. The second-order valence-corrected chi connectivity index (χ2v) is 8.53. The molecule has 0 N–H and O–H groups in total. The van der Waals surface area contributed by atoms with Gasteiger partial charge in [-0.25, -0.2) is 0 Å². The van der Waals surface area contributed by atoms with Crippen LogP contribution in [0, 0.1) is 24.2 Å². The van der Waals surface area contributed by atoms with Crippen molar-refractivity contribution in [2.75, 3.05) is 19.6 Å². The summed E-state index contributed by atoms with van der Waals surface area (Å²) in [7, 11) is 0. The number of rotatable bonds is 3. The van der Waals surface area contributed by atoms with Crippen LogP contribution in [-0.4, -0.2) is 46.2 Å². The average molecular weight is 355 g/mol. The summed E-state index contributed by atoms with van der Waals surface area (Å²) >= 11 is 0. The van der Waals surface area contributed by atoms with Crippen LogP contribution in [0.1, 0.15) is 50.4 Å². The van der Waals surface area contributed by atoms with Crippen molar-refractivity contribution in [3.8, 4) is 0 Å². The number of amides is 2. The summed E-state index contributed by atoms with van der Waals surface area (Å²) in [6.45, 7) is 7.03. The third-order valence-corrected chi connectivity index (χ3v) is 6.58. The molecule has 26 heavy (non-hydrogen) atoms. The number of hydrogen-bond acceptors (Lipinski definition) is 3. The Bertz CT molecular complexity index is 709. The Morgan fingerprint density at radius 3 is 2.62 bits per heavy atom. The van der Waals surface area contributed by atoms with Gasteiger partial charge < -0.3 is 9.80 Å². The van der Waals surface area contributed by atoms with Crippen molar-refractivity contribution in [1.29, 1.82) is 0 Å². The molecule has 3 aliphatic rings. The number of likely N-dealkylation sites (tertiary alicyclic amines) is 2. The number of carbonyl (C=O) groups is 2. The molecular weight excluding hydrogens is 326 g/mol. The molecule has 0 bridgehead atoms. The number of piperidine rings is 2. The number of carbonyl (C=O) groups excluding carboxylic acids is 2. The summed E-state index contributed by atoms with van der Waals surface area (Å²) in [5.41, 5.74) is 1.70. The summed E-state index contributed by atoms with van der Waals surface area (Å²) < 4.78 is 0. The minimum Gasteiger partial charge on any atom is -0.342 e. The van der Waals surface area contributed by atoms with Crippen molar-refractivity contribution in [3.63, 3.8) is 0 Å². The molecule has 5 heteroatoms. The highest BCUT2D eigenvalue weighted by Crippen LogP contribution is 2.44. The molecule has 1 spiro atoms. The van der Waals surface area contributed by atoms with Crippen LogP contribution in [0.15, 0.2) is 18.2 Å². The normalized spacial score (nSPS) is 27.7. The first kappa shape index (κ1) is 17.5. The van der Waals surface area contributed by atoms with E-state index in [-0.39, 0.29) is 17.2 Å². The van der Waals surface area contributed by atoms with Crippen LogP contribution in [0.5, 0.6) is 0 Å². The van der Waals surface area contributed by atoms with E-state index in [9.17, 15) is 9.59 Å². The zero-order chi connectivity index (χ0) is 18.3. The highest BCUT2D eigenvalue weighted by molar-refractivity contribution is 5.85. The summed E-state index contributed by atoms with van der Waals surface area (Å²) in [6, 6.07) is 5.99. The predicted octanol–water partition coefficient (Wildman–Crippen LogP) is 2.78. The van der Waals surface area contributed by atoms with E-state index in [2.05, 4.69) is 11.9 Å². The summed E-state index contributed by atoms with van der Waals surface area (Å²) in [5.74, 6) is 1.39. The molecule has 2 atom stereocenters. The van der Waals surface area contributed by atoms with Crippen LogP contribution >= 0.6 is 0 Å². The minimum absolute atomic E-state index is 0.245. The Morgan fingerprint density at radius 2 is 1.96 bits per heavy atom. The SMILES string of the molecule is Cc1cccc(CN2CCCC3(CCN(C(=O)[C@@H]4C[C@@H]4C)CC3)C2=O)n1. The van der Waals surface area contributed by atoms with Gasteiger partial charge in [0.25, 0.3) is 0 Å². The van der Waals surface area contributed by atoms with Gasteiger partial charge in [0, 0.05) is 31.2 Å². The third-order valence-electron chi connectivity index (χ3n) is 6.58. The molecule has 5 nitrogen and oxygen atoms in total. The van der Waals surface area contributed by atoms with Crippen molar-refractivity contribution >= 4 is 11.8 Å². The quantitative estimate of drug-likeness (QED) is 0.838. The van der Waals surface area contributed by atoms with Crippen LogP contribution in [0.25, 0.3) is 0 Å². The van der Waals surface area contributed by atoms with Gasteiger partial charge in [0.1, 0.15) is 0 Å². The van der Waals surface area contributed by atoms with Gasteiger partial charge in [-0.15, -0.1) is 0 Å². The fourth-order valence-corrected chi connectivity index (χ4v) is 4.71. The Balaban J connectivity index is 1.41. The number of hydrogen-bond donors (Lipinski definition) is 0. The molecule has 1 aromatic rings. The Morgan fingerprint density at radius 1 is 1.23 bits per heavy atom. The van der Waals surface area contributed by atoms with Crippen LogP contribution in [-0.2, 0) is 16.1 Å². The van der Waals surface area contributed by atoms with Gasteiger partial charge in [-0.3, -0.25) is 14.6 Å². The first-order valence-corrected chi connectivity index (χ1v) is 9.99. The monoisotopic (exact) mass is 355 g/mol.